The fourth-order valence-corrected chi connectivity index (χ4v) is 4.14. The van der Waals surface area contributed by atoms with E-state index in [-0.39, 0.29) is 28.4 Å². The van der Waals surface area contributed by atoms with Gasteiger partial charge >= 0.3 is 0 Å². The highest BCUT2D eigenvalue weighted by Crippen LogP contribution is 2.36. The van der Waals surface area contributed by atoms with Gasteiger partial charge in [-0.2, -0.15) is 5.26 Å². The zero-order chi connectivity index (χ0) is 25.9. The molecule has 4 rings (SSSR count). The number of halogens is 1. The first kappa shape index (κ1) is 24.5. The molecule has 10 heteroatoms. The van der Waals surface area contributed by atoms with E-state index in [1.54, 1.807) is 47.8 Å². The van der Waals surface area contributed by atoms with Crippen molar-refractivity contribution in [3.63, 3.8) is 0 Å². The first-order valence-electron chi connectivity index (χ1n) is 10.6. The topological polar surface area (TPSA) is 141 Å². The summed E-state index contributed by atoms with van der Waals surface area (Å²) < 4.78 is 13.6. The largest absolute Gasteiger partial charge is 0.507 e. The van der Waals surface area contributed by atoms with Crippen LogP contribution in [0.3, 0.4) is 0 Å². The second-order valence-electron chi connectivity index (χ2n) is 8.09. The number of pyridine rings is 1. The van der Waals surface area contributed by atoms with E-state index in [1.807, 2.05) is 0 Å². The number of aromatic hydroxyl groups is 1. The van der Waals surface area contributed by atoms with Crippen LogP contribution in [0.5, 0.6) is 5.75 Å². The smallest absolute Gasteiger partial charge is 0.266 e. The summed E-state index contributed by atoms with van der Waals surface area (Å²) in [6.45, 7) is 1.51. The van der Waals surface area contributed by atoms with E-state index >= 15 is 0 Å². The molecule has 1 amide bonds. The number of nitrogens with zero attached hydrogens (tertiary/aromatic N) is 2. The monoisotopic (exact) mass is 501 g/mol. The minimum atomic E-state index is -1.32. The molecule has 0 saturated carbocycles. The number of aldehydes is 1. The van der Waals surface area contributed by atoms with Gasteiger partial charge in [0.2, 0.25) is 0 Å². The summed E-state index contributed by atoms with van der Waals surface area (Å²) in [5.74, 6) is -1.47. The molecule has 0 saturated heterocycles. The fraction of sp³-hybridized carbons (Fsp3) is 0.0769. The Hall–Kier alpha value is -4.59. The number of anilines is 2. The molecule has 4 aromatic rings. The van der Waals surface area contributed by atoms with Crippen LogP contribution in [0, 0.1) is 17.1 Å². The SMILES string of the molecule is C[C@@](N)(C=O)Nc1cccc(-c2cc(-c3ccc(F)cc3O)nc(NC(=O)c3cccs3)c2C#N)c1. The Morgan fingerprint density at radius 2 is 2.00 bits per heavy atom. The molecule has 2 aromatic heterocycles. The second-order valence-corrected chi connectivity index (χ2v) is 9.04. The van der Waals surface area contributed by atoms with E-state index in [4.69, 9.17) is 5.73 Å². The number of nitrogens with one attached hydrogen (secondary N) is 2. The van der Waals surface area contributed by atoms with E-state index in [1.165, 1.54) is 30.4 Å². The van der Waals surface area contributed by atoms with Gasteiger partial charge in [-0.15, -0.1) is 11.3 Å². The third-order valence-electron chi connectivity index (χ3n) is 5.18. The first-order valence-corrected chi connectivity index (χ1v) is 11.5. The van der Waals surface area contributed by atoms with Gasteiger partial charge in [0.1, 0.15) is 28.9 Å². The quantitative estimate of drug-likeness (QED) is 0.212. The highest BCUT2D eigenvalue weighted by Gasteiger charge is 2.21. The van der Waals surface area contributed by atoms with Gasteiger partial charge in [-0.25, -0.2) is 9.37 Å². The number of carbonyl (C=O) groups excluding carboxylic acids is 2. The highest BCUT2D eigenvalue weighted by molar-refractivity contribution is 7.12. The average molecular weight is 502 g/mol. The number of carbonyl (C=O) groups is 2. The van der Waals surface area contributed by atoms with Crippen molar-refractivity contribution in [2.24, 2.45) is 5.73 Å². The van der Waals surface area contributed by atoms with Gasteiger partial charge in [-0.05, 0) is 54.3 Å². The predicted octanol–water partition coefficient (Wildman–Crippen LogP) is 4.73. The molecule has 36 heavy (non-hydrogen) atoms. The number of phenolic OH excluding ortho intramolecular Hbond substituents is 1. The van der Waals surface area contributed by atoms with Crippen LogP contribution >= 0.6 is 11.3 Å². The van der Waals surface area contributed by atoms with Crippen molar-refractivity contribution in [1.82, 2.24) is 4.98 Å². The van der Waals surface area contributed by atoms with Gasteiger partial charge in [0.25, 0.3) is 5.91 Å². The zero-order valence-electron chi connectivity index (χ0n) is 18.9. The lowest BCUT2D eigenvalue weighted by atomic mass is 9.97. The molecule has 2 heterocycles. The molecule has 0 fully saturated rings. The molecule has 0 radical (unpaired) electrons. The van der Waals surface area contributed by atoms with Crippen LogP contribution < -0.4 is 16.4 Å². The molecule has 0 aliphatic heterocycles. The molecule has 8 nitrogen and oxygen atoms in total. The van der Waals surface area contributed by atoms with Crippen LogP contribution in [0.4, 0.5) is 15.9 Å². The van der Waals surface area contributed by atoms with Crippen molar-refractivity contribution in [2.45, 2.75) is 12.6 Å². The van der Waals surface area contributed by atoms with Crippen LogP contribution in [0.15, 0.2) is 66.0 Å². The number of thiophene rings is 1. The summed E-state index contributed by atoms with van der Waals surface area (Å²) in [6, 6.07) is 17.3. The predicted molar refractivity (Wildman–Crippen MR) is 136 cm³/mol. The minimum absolute atomic E-state index is 0.0259. The number of amides is 1. The Bertz CT molecular complexity index is 1500. The number of aromatic nitrogens is 1. The Morgan fingerprint density at radius 1 is 1.19 bits per heavy atom. The normalized spacial score (nSPS) is 12.3. The summed E-state index contributed by atoms with van der Waals surface area (Å²) in [5.41, 5.74) is 6.53. The van der Waals surface area contributed by atoms with Crippen molar-refractivity contribution in [2.75, 3.05) is 10.6 Å². The third kappa shape index (κ3) is 5.22. The number of benzene rings is 2. The van der Waals surface area contributed by atoms with Crippen molar-refractivity contribution < 1.29 is 19.1 Å². The first-order chi connectivity index (χ1) is 17.2. The fourth-order valence-electron chi connectivity index (χ4n) is 3.52. The summed E-state index contributed by atoms with van der Waals surface area (Å²) in [4.78, 5) is 28.9. The standard InChI is InChI=1S/C26H20FN5O3S/c1-26(29,14-33)32-17-5-2-4-15(10-17)19-12-21(18-8-7-16(27)11-22(18)34)30-24(20(19)13-28)31-25(35)23-6-3-9-36-23/h2-12,14,32,34H,29H2,1H3,(H,30,31,35)/t26-/m0/s1. The molecule has 180 valence electrons. The van der Waals surface area contributed by atoms with Crippen LogP contribution in [-0.2, 0) is 4.79 Å². The summed E-state index contributed by atoms with van der Waals surface area (Å²) in [5, 5.41) is 27.7. The number of rotatable bonds is 7. The molecule has 2 aromatic carbocycles. The van der Waals surface area contributed by atoms with E-state index in [0.29, 0.717) is 28.0 Å². The van der Waals surface area contributed by atoms with Crippen molar-refractivity contribution >= 4 is 35.0 Å². The maximum Gasteiger partial charge on any atom is 0.266 e. The van der Waals surface area contributed by atoms with Crippen LogP contribution in [0.2, 0.25) is 0 Å². The molecule has 5 N–H and O–H groups in total. The molecular weight excluding hydrogens is 481 g/mol. The number of nitriles is 1. The number of hydrogen-bond acceptors (Lipinski definition) is 8. The maximum absolute atomic E-state index is 13.6. The van der Waals surface area contributed by atoms with Gasteiger partial charge in [-0.1, -0.05) is 18.2 Å². The summed E-state index contributed by atoms with van der Waals surface area (Å²) in [6.07, 6.45) is 0.570. The molecule has 0 aliphatic carbocycles. The van der Waals surface area contributed by atoms with E-state index in [9.17, 15) is 24.3 Å². The van der Waals surface area contributed by atoms with E-state index in [0.717, 1.165) is 6.07 Å². The maximum atomic E-state index is 13.6. The van der Waals surface area contributed by atoms with E-state index < -0.39 is 17.4 Å². The van der Waals surface area contributed by atoms with Crippen LogP contribution in [0.25, 0.3) is 22.4 Å². The van der Waals surface area contributed by atoms with Crippen molar-refractivity contribution in [1.29, 1.82) is 5.26 Å². The minimum Gasteiger partial charge on any atom is -0.507 e. The third-order valence-corrected chi connectivity index (χ3v) is 6.04. The molecule has 0 unspecified atom stereocenters. The Labute approximate surface area is 209 Å². The lowest BCUT2D eigenvalue weighted by Crippen LogP contribution is -2.46. The van der Waals surface area contributed by atoms with Crippen molar-refractivity contribution in [3.05, 3.63) is 82.3 Å². The van der Waals surface area contributed by atoms with Crippen LogP contribution in [-0.4, -0.2) is 27.9 Å². The summed E-state index contributed by atoms with van der Waals surface area (Å²) in [7, 11) is 0. The van der Waals surface area contributed by atoms with Gasteiger partial charge in [0.05, 0.1) is 10.6 Å². The lowest BCUT2D eigenvalue weighted by Gasteiger charge is -2.21. The molecule has 0 aliphatic rings. The molecule has 1 atom stereocenters. The molecule has 0 spiro atoms. The van der Waals surface area contributed by atoms with Gasteiger partial charge in [0, 0.05) is 22.9 Å². The van der Waals surface area contributed by atoms with Crippen molar-refractivity contribution in [3.8, 4) is 34.2 Å². The Balaban J connectivity index is 1.89. The Kier molecular flexibility index (Phi) is 6.78. The second kappa shape index (κ2) is 9.95. The average Bonchev–Trinajstić information content (AvgIpc) is 3.39. The number of phenols is 1. The number of hydrogen-bond donors (Lipinski definition) is 4. The van der Waals surface area contributed by atoms with Gasteiger partial charge in [0.15, 0.2) is 12.1 Å². The molecule has 0 bridgehead atoms. The highest BCUT2D eigenvalue weighted by atomic mass is 32.1. The Morgan fingerprint density at radius 3 is 2.67 bits per heavy atom. The van der Waals surface area contributed by atoms with E-state index in [2.05, 4.69) is 21.7 Å². The van der Waals surface area contributed by atoms with Crippen LogP contribution in [0.1, 0.15) is 22.2 Å². The van der Waals surface area contributed by atoms with Gasteiger partial charge in [-0.3, -0.25) is 9.59 Å². The zero-order valence-corrected chi connectivity index (χ0v) is 19.8. The lowest BCUT2D eigenvalue weighted by molar-refractivity contribution is -0.111. The number of nitrogens with two attached hydrogens (primary N) is 1. The van der Waals surface area contributed by atoms with Gasteiger partial charge < -0.3 is 21.5 Å². The summed E-state index contributed by atoms with van der Waals surface area (Å²) >= 11 is 1.23. The molecular formula is C26H20FN5O3S.